The highest BCUT2D eigenvalue weighted by atomic mass is 79.9. The summed E-state index contributed by atoms with van der Waals surface area (Å²) in [6.45, 7) is 0.483. The Morgan fingerprint density at radius 2 is 1.84 bits per heavy atom. The van der Waals surface area contributed by atoms with Gasteiger partial charge >= 0.3 is 6.18 Å². The number of halogens is 5. The average molecular weight is 415 g/mol. The predicted octanol–water partition coefficient (Wildman–Crippen LogP) is 5.90. The molecule has 1 aromatic carbocycles. The van der Waals surface area contributed by atoms with E-state index in [2.05, 4.69) is 37.2 Å². The molecule has 0 aliphatic carbocycles. The third-order valence-corrected chi connectivity index (χ3v) is 5.03. The minimum absolute atomic E-state index is 0.0443. The van der Waals surface area contributed by atoms with Crippen LogP contribution in [0, 0.1) is 0 Å². The quantitative estimate of drug-likeness (QED) is 0.658. The molecule has 1 N–H and O–H groups in total. The number of hydrogen-bond donors (Lipinski definition) is 1. The van der Waals surface area contributed by atoms with Crippen molar-refractivity contribution in [3.63, 3.8) is 0 Å². The molecule has 0 radical (unpaired) electrons. The number of thiophene rings is 1. The van der Waals surface area contributed by atoms with Gasteiger partial charge in [-0.05, 0) is 45.6 Å². The Morgan fingerprint density at radius 1 is 1.11 bits per heavy atom. The Balaban J connectivity index is 2.16. The van der Waals surface area contributed by atoms with Crippen LogP contribution in [0.3, 0.4) is 0 Å². The van der Waals surface area contributed by atoms with Crippen LogP contribution in [0.4, 0.5) is 18.9 Å². The van der Waals surface area contributed by atoms with E-state index < -0.39 is 11.7 Å². The van der Waals surface area contributed by atoms with Crippen LogP contribution in [0.15, 0.2) is 38.6 Å². The maximum atomic E-state index is 12.7. The molecule has 1 nitrogen and oxygen atoms in total. The third-order valence-electron chi connectivity index (χ3n) is 2.42. The topological polar surface area (TPSA) is 12.0 Å². The van der Waals surface area contributed by atoms with Crippen LogP contribution in [-0.2, 0) is 12.7 Å². The third kappa shape index (κ3) is 3.73. The summed E-state index contributed by atoms with van der Waals surface area (Å²) in [5.74, 6) is 0. The van der Waals surface area contributed by atoms with Crippen LogP contribution in [-0.4, -0.2) is 0 Å². The molecule has 0 fully saturated rings. The smallest absolute Gasteiger partial charge is 0.380 e. The second-order valence-electron chi connectivity index (χ2n) is 3.74. The number of benzene rings is 1. The van der Waals surface area contributed by atoms with Gasteiger partial charge in [0.25, 0.3) is 0 Å². The highest BCUT2D eigenvalue weighted by Crippen LogP contribution is 2.36. The molecule has 0 saturated heterocycles. The van der Waals surface area contributed by atoms with Crippen molar-refractivity contribution in [2.24, 2.45) is 0 Å². The fourth-order valence-electron chi connectivity index (χ4n) is 1.49. The summed E-state index contributed by atoms with van der Waals surface area (Å²) in [6.07, 6.45) is -4.36. The molecule has 2 rings (SSSR count). The molecule has 0 amide bonds. The summed E-state index contributed by atoms with van der Waals surface area (Å²) < 4.78 is 39.2. The lowest BCUT2D eigenvalue weighted by atomic mass is 10.2. The summed E-state index contributed by atoms with van der Waals surface area (Å²) >= 11 is 7.84. The Hall–Kier alpha value is -0.530. The van der Waals surface area contributed by atoms with Crippen molar-refractivity contribution in [2.75, 3.05) is 5.32 Å². The molecule has 7 heteroatoms. The standard InChI is InChI=1S/C12H8Br2F3NS/c13-9-2-1-7(5-8(9)12(15,16)17)18-6-11-10(14)3-4-19-11/h1-5,18H,6H2. The first-order chi connectivity index (χ1) is 8.88. The van der Waals surface area contributed by atoms with E-state index in [1.54, 1.807) is 17.4 Å². The molecular weight excluding hydrogens is 407 g/mol. The molecule has 1 aromatic heterocycles. The molecule has 0 spiro atoms. The SMILES string of the molecule is FC(F)(F)c1cc(NCc2sccc2Br)ccc1Br. The highest BCUT2D eigenvalue weighted by molar-refractivity contribution is 9.10. The molecule has 0 aliphatic heterocycles. The summed E-state index contributed by atoms with van der Waals surface area (Å²) in [5, 5.41) is 4.91. The van der Waals surface area contributed by atoms with Crippen molar-refractivity contribution in [3.05, 3.63) is 49.0 Å². The number of hydrogen-bond acceptors (Lipinski definition) is 2. The number of anilines is 1. The van der Waals surface area contributed by atoms with E-state index in [1.165, 1.54) is 6.07 Å². The van der Waals surface area contributed by atoms with Gasteiger partial charge in [0.2, 0.25) is 0 Å². The molecule has 0 aliphatic rings. The fourth-order valence-corrected chi connectivity index (χ4v) is 3.39. The molecule has 2 aromatic rings. The molecule has 0 saturated carbocycles. The van der Waals surface area contributed by atoms with E-state index >= 15 is 0 Å². The molecule has 0 atom stereocenters. The van der Waals surface area contributed by atoms with Crippen molar-refractivity contribution < 1.29 is 13.2 Å². The van der Waals surface area contributed by atoms with Crippen LogP contribution in [0.1, 0.15) is 10.4 Å². The van der Waals surface area contributed by atoms with Gasteiger partial charge in [0.1, 0.15) is 0 Å². The molecule has 0 bridgehead atoms. The highest BCUT2D eigenvalue weighted by Gasteiger charge is 2.33. The van der Waals surface area contributed by atoms with Crippen molar-refractivity contribution in [1.29, 1.82) is 0 Å². The summed E-state index contributed by atoms with van der Waals surface area (Å²) in [7, 11) is 0. The van der Waals surface area contributed by atoms with E-state index in [9.17, 15) is 13.2 Å². The van der Waals surface area contributed by atoms with Gasteiger partial charge in [-0.15, -0.1) is 11.3 Å². The monoisotopic (exact) mass is 413 g/mol. The van der Waals surface area contributed by atoms with Crippen LogP contribution in [0.2, 0.25) is 0 Å². The summed E-state index contributed by atoms with van der Waals surface area (Å²) in [4.78, 5) is 1.04. The average Bonchev–Trinajstić information content (AvgIpc) is 2.72. The number of alkyl halides is 3. The van der Waals surface area contributed by atoms with Crippen molar-refractivity contribution in [1.82, 2.24) is 0 Å². The Morgan fingerprint density at radius 3 is 2.42 bits per heavy atom. The zero-order valence-corrected chi connectivity index (χ0v) is 13.4. The van der Waals surface area contributed by atoms with Gasteiger partial charge < -0.3 is 5.32 Å². The minimum Gasteiger partial charge on any atom is -0.380 e. The minimum atomic E-state index is -4.36. The van der Waals surface area contributed by atoms with Gasteiger partial charge in [0, 0.05) is 19.5 Å². The number of rotatable bonds is 3. The van der Waals surface area contributed by atoms with E-state index in [1.807, 2.05) is 11.4 Å². The zero-order valence-electron chi connectivity index (χ0n) is 9.39. The van der Waals surface area contributed by atoms with E-state index in [0.717, 1.165) is 15.4 Å². The van der Waals surface area contributed by atoms with Crippen molar-refractivity contribution >= 4 is 48.9 Å². The van der Waals surface area contributed by atoms with E-state index in [4.69, 9.17) is 0 Å². The summed E-state index contributed by atoms with van der Waals surface area (Å²) in [6, 6.07) is 6.02. The first kappa shape index (κ1) is 14.9. The Labute approximate surface area is 129 Å². The lowest BCUT2D eigenvalue weighted by Crippen LogP contribution is -2.07. The van der Waals surface area contributed by atoms with Gasteiger partial charge in [-0.1, -0.05) is 15.9 Å². The van der Waals surface area contributed by atoms with E-state index in [0.29, 0.717) is 12.2 Å². The lowest BCUT2D eigenvalue weighted by Gasteiger charge is -2.12. The molecule has 0 unspecified atom stereocenters. The van der Waals surface area contributed by atoms with Crippen LogP contribution in [0.25, 0.3) is 0 Å². The van der Waals surface area contributed by atoms with Crippen LogP contribution >= 0.6 is 43.2 Å². The van der Waals surface area contributed by atoms with Crippen molar-refractivity contribution in [3.8, 4) is 0 Å². The normalized spacial score (nSPS) is 11.6. The Bertz CT molecular complexity index is 581. The van der Waals surface area contributed by atoms with Crippen LogP contribution in [0.5, 0.6) is 0 Å². The zero-order chi connectivity index (χ0) is 14.0. The van der Waals surface area contributed by atoms with Gasteiger partial charge in [-0.2, -0.15) is 13.2 Å². The Kier molecular flexibility index (Phi) is 4.58. The van der Waals surface area contributed by atoms with Gasteiger partial charge in [-0.3, -0.25) is 0 Å². The molecule has 1 heterocycles. The maximum absolute atomic E-state index is 12.7. The largest absolute Gasteiger partial charge is 0.417 e. The van der Waals surface area contributed by atoms with Crippen LogP contribution < -0.4 is 5.32 Å². The molecule has 102 valence electrons. The van der Waals surface area contributed by atoms with Gasteiger partial charge in [0.05, 0.1) is 12.1 Å². The second kappa shape index (κ2) is 5.85. The molecule has 19 heavy (non-hydrogen) atoms. The van der Waals surface area contributed by atoms with E-state index in [-0.39, 0.29) is 4.47 Å². The summed E-state index contributed by atoms with van der Waals surface area (Å²) in [5.41, 5.74) is -0.237. The van der Waals surface area contributed by atoms with Gasteiger partial charge in [-0.25, -0.2) is 0 Å². The molecular formula is C12H8Br2F3NS. The predicted molar refractivity (Wildman–Crippen MR) is 78.5 cm³/mol. The maximum Gasteiger partial charge on any atom is 0.417 e. The second-order valence-corrected chi connectivity index (χ2v) is 6.45. The first-order valence-corrected chi connectivity index (χ1v) is 7.67. The first-order valence-electron chi connectivity index (χ1n) is 5.20. The van der Waals surface area contributed by atoms with Gasteiger partial charge in [0.15, 0.2) is 0 Å². The van der Waals surface area contributed by atoms with Crippen molar-refractivity contribution in [2.45, 2.75) is 12.7 Å². The number of nitrogens with one attached hydrogen (secondary N) is 1. The fraction of sp³-hybridized carbons (Fsp3) is 0.167. The lowest BCUT2D eigenvalue weighted by molar-refractivity contribution is -0.138.